The predicted molar refractivity (Wildman–Crippen MR) is 69.7 cm³/mol. The first kappa shape index (κ1) is 12.0. The fraction of sp³-hybridized carbons (Fsp3) is 0. The van der Waals surface area contributed by atoms with Crippen LogP contribution in [0, 0.1) is 0 Å². The van der Waals surface area contributed by atoms with Crippen molar-refractivity contribution < 1.29 is 24.5 Å². The molecule has 100 valence electrons. The van der Waals surface area contributed by atoms with Gasteiger partial charge in [-0.2, -0.15) is 0 Å². The number of hydrogen-bond donors (Lipinski definition) is 3. The first-order valence-electron chi connectivity index (χ1n) is 5.71. The molecule has 3 rings (SSSR count). The number of hydrogen-bond acceptors (Lipinski definition) is 5. The van der Waals surface area contributed by atoms with Crippen LogP contribution >= 0.6 is 0 Å². The van der Waals surface area contributed by atoms with Crippen molar-refractivity contribution in [3.63, 3.8) is 0 Å². The van der Waals surface area contributed by atoms with Gasteiger partial charge in [-0.3, -0.25) is 0 Å². The Hall–Kier alpha value is -3.02. The lowest BCUT2D eigenvalue weighted by atomic mass is 10.2. The molecule has 0 saturated carbocycles. The number of fused-ring (bicyclic) bond motifs is 1. The second kappa shape index (κ2) is 4.27. The molecule has 0 unspecified atom stereocenters. The number of aromatic carboxylic acids is 1. The molecule has 0 aliphatic heterocycles. The SMILES string of the molecule is O=C(O)c1cc(O)cc2oc(-c3ccc(O)cc3)nc12. The molecule has 2 aromatic carbocycles. The summed E-state index contributed by atoms with van der Waals surface area (Å²) in [4.78, 5) is 15.3. The highest BCUT2D eigenvalue weighted by molar-refractivity contribution is 6.01. The molecule has 6 nitrogen and oxygen atoms in total. The van der Waals surface area contributed by atoms with Crippen molar-refractivity contribution >= 4 is 17.1 Å². The Labute approximate surface area is 112 Å². The third-order valence-corrected chi connectivity index (χ3v) is 2.82. The van der Waals surface area contributed by atoms with Crippen LogP contribution in [0.25, 0.3) is 22.6 Å². The zero-order valence-electron chi connectivity index (χ0n) is 10.1. The average molecular weight is 271 g/mol. The number of phenols is 2. The molecular formula is C14H9NO5. The quantitative estimate of drug-likeness (QED) is 0.661. The van der Waals surface area contributed by atoms with Crippen molar-refractivity contribution in [3.8, 4) is 23.0 Å². The van der Waals surface area contributed by atoms with Crippen molar-refractivity contribution in [2.45, 2.75) is 0 Å². The molecule has 1 aromatic heterocycles. The van der Waals surface area contributed by atoms with Crippen LogP contribution in [0.4, 0.5) is 0 Å². The number of carboxylic acids is 1. The van der Waals surface area contributed by atoms with E-state index in [2.05, 4.69) is 4.98 Å². The minimum atomic E-state index is -1.20. The van der Waals surface area contributed by atoms with Gasteiger partial charge in [0.05, 0.1) is 5.56 Å². The molecule has 0 bridgehead atoms. The number of oxazole rings is 1. The Morgan fingerprint density at radius 2 is 1.75 bits per heavy atom. The summed E-state index contributed by atoms with van der Waals surface area (Å²) in [7, 11) is 0. The maximum Gasteiger partial charge on any atom is 0.338 e. The third-order valence-electron chi connectivity index (χ3n) is 2.82. The van der Waals surface area contributed by atoms with Crippen molar-refractivity contribution in [1.82, 2.24) is 4.98 Å². The van der Waals surface area contributed by atoms with E-state index in [9.17, 15) is 15.0 Å². The molecule has 3 N–H and O–H groups in total. The lowest BCUT2D eigenvalue weighted by molar-refractivity contribution is 0.0698. The summed E-state index contributed by atoms with van der Waals surface area (Å²) in [6.07, 6.45) is 0. The fourth-order valence-electron chi connectivity index (χ4n) is 1.91. The van der Waals surface area contributed by atoms with E-state index in [1.54, 1.807) is 12.1 Å². The molecular weight excluding hydrogens is 262 g/mol. The Morgan fingerprint density at radius 3 is 2.40 bits per heavy atom. The minimum absolute atomic E-state index is 0.105. The molecule has 20 heavy (non-hydrogen) atoms. The first-order valence-corrected chi connectivity index (χ1v) is 5.71. The van der Waals surface area contributed by atoms with E-state index < -0.39 is 5.97 Å². The van der Waals surface area contributed by atoms with Crippen molar-refractivity contribution in [2.75, 3.05) is 0 Å². The van der Waals surface area contributed by atoms with Crippen LogP contribution in [-0.4, -0.2) is 26.3 Å². The van der Waals surface area contributed by atoms with E-state index in [0.29, 0.717) is 5.56 Å². The van der Waals surface area contributed by atoms with Crippen LogP contribution in [0.3, 0.4) is 0 Å². The Morgan fingerprint density at radius 1 is 1.05 bits per heavy atom. The predicted octanol–water partition coefficient (Wildman–Crippen LogP) is 2.60. The molecule has 0 saturated heterocycles. The van der Waals surface area contributed by atoms with Crippen LogP contribution in [0.1, 0.15) is 10.4 Å². The minimum Gasteiger partial charge on any atom is -0.508 e. The summed E-state index contributed by atoms with van der Waals surface area (Å²) in [5.41, 5.74) is 0.812. The van der Waals surface area contributed by atoms with Gasteiger partial charge in [0.25, 0.3) is 0 Å². The molecule has 0 spiro atoms. The van der Waals surface area contributed by atoms with Gasteiger partial charge in [-0.1, -0.05) is 0 Å². The van der Waals surface area contributed by atoms with Gasteiger partial charge in [0.2, 0.25) is 5.89 Å². The summed E-state index contributed by atoms with van der Waals surface area (Å²) in [6.45, 7) is 0. The van der Waals surface area contributed by atoms with Gasteiger partial charge >= 0.3 is 5.97 Å². The maximum atomic E-state index is 11.1. The van der Waals surface area contributed by atoms with Crippen molar-refractivity contribution in [1.29, 1.82) is 0 Å². The molecule has 0 fully saturated rings. The standard InChI is InChI=1S/C14H9NO5/c16-8-3-1-7(2-4-8)13-15-12-10(14(18)19)5-9(17)6-11(12)20-13/h1-6,16-17H,(H,18,19). The third kappa shape index (κ3) is 1.93. The van der Waals surface area contributed by atoms with Crippen molar-refractivity contribution in [3.05, 3.63) is 42.0 Å². The molecule has 1 heterocycles. The topological polar surface area (TPSA) is 104 Å². The molecule has 3 aromatic rings. The normalized spacial score (nSPS) is 10.8. The number of phenolic OH excluding ortho intramolecular Hbond substituents is 2. The van der Waals surface area contributed by atoms with Gasteiger partial charge in [-0.15, -0.1) is 0 Å². The van der Waals surface area contributed by atoms with Gasteiger partial charge in [-0.05, 0) is 30.3 Å². The van der Waals surface area contributed by atoms with Crippen molar-refractivity contribution in [2.24, 2.45) is 0 Å². The van der Waals surface area contributed by atoms with Gasteiger partial charge in [0, 0.05) is 11.6 Å². The summed E-state index contributed by atoms with van der Waals surface area (Å²) in [6, 6.07) is 8.56. The Kier molecular flexibility index (Phi) is 2.57. The molecule has 0 aliphatic rings. The summed E-state index contributed by atoms with van der Waals surface area (Å²) in [5, 5.41) is 27.8. The monoisotopic (exact) mass is 271 g/mol. The van der Waals surface area contributed by atoms with E-state index >= 15 is 0 Å². The molecule has 0 amide bonds. The highest BCUT2D eigenvalue weighted by atomic mass is 16.4. The number of aromatic hydroxyl groups is 2. The van der Waals surface area contributed by atoms with Crippen LogP contribution in [-0.2, 0) is 0 Å². The van der Waals surface area contributed by atoms with Crippen LogP contribution in [0.5, 0.6) is 11.5 Å². The molecule has 0 aliphatic carbocycles. The molecule has 0 atom stereocenters. The van der Waals surface area contributed by atoms with E-state index in [4.69, 9.17) is 9.52 Å². The average Bonchev–Trinajstić information content (AvgIpc) is 2.81. The Balaban J connectivity index is 2.22. The Bertz CT molecular complexity index is 804. The van der Waals surface area contributed by atoms with E-state index in [1.165, 1.54) is 18.2 Å². The van der Waals surface area contributed by atoms with Crippen LogP contribution in [0.15, 0.2) is 40.8 Å². The highest BCUT2D eigenvalue weighted by Crippen LogP contribution is 2.30. The van der Waals surface area contributed by atoms with E-state index in [0.717, 1.165) is 6.07 Å². The summed E-state index contributed by atoms with van der Waals surface area (Å²) in [5.74, 6) is -1.08. The van der Waals surface area contributed by atoms with Crippen LogP contribution in [0.2, 0.25) is 0 Å². The fourth-order valence-corrected chi connectivity index (χ4v) is 1.91. The van der Waals surface area contributed by atoms with Gasteiger partial charge in [-0.25, -0.2) is 9.78 Å². The highest BCUT2D eigenvalue weighted by Gasteiger charge is 2.17. The second-order valence-electron chi connectivity index (χ2n) is 4.21. The second-order valence-corrected chi connectivity index (χ2v) is 4.21. The van der Waals surface area contributed by atoms with Gasteiger partial charge in [0.1, 0.15) is 17.0 Å². The van der Waals surface area contributed by atoms with E-state index in [1.807, 2.05) is 0 Å². The number of carboxylic acid groups (broad SMARTS) is 1. The zero-order valence-corrected chi connectivity index (χ0v) is 10.1. The van der Waals surface area contributed by atoms with E-state index in [-0.39, 0.29) is 34.1 Å². The number of nitrogens with zero attached hydrogens (tertiary/aromatic N) is 1. The number of carbonyl (C=O) groups is 1. The first-order chi connectivity index (χ1) is 9.54. The lowest BCUT2D eigenvalue weighted by Crippen LogP contribution is -1.97. The molecule has 6 heteroatoms. The van der Waals surface area contributed by atoms with Gasteiger partial charge in [0.15, 0.2) is 5.58 Å². The zero-order chi connectivity index (χ0) is 14.3. The smallest absolute Gasteiger partial charge is 0.338 e. The summed E-state index contributed by atoms with van der Waals surface area (Å²) < 4.78 is 5.45. The van der Waals surface area contributed by atoms with Crippen LogP contribution < -0.4 is 0 Å². The lowest BCUT2D eigenvalue weighted by Gasteiger charge is -1.95. The van der Waals surface area contributed by atoms with Gasteiger partial charge < -0.3 is 19.7 Å². The largest absolute Gasteiger partial charge is 0.508 e. The number of aromatic nitrogens is 1. The molecule has 0 radical (unpaired) electrons. The number of benzene rings is 2. The number of rotatable bonds is 2. The maximum absolute atomic E-state index is 11.1. The summed E-state index contributed by atoms with van der Waals surface area (Å²) >= 11 is 0.